The highest BCUT2D eigenvalue weighted by molar-refractivity contribution is 6.35. The Balaban J connectivity index is 3.19. The SMILES string of the molecule is [B]c1ccc(CCC)c(F)c1C=O. The Labute approximate surface area is 78.4 Å². The van der Waals surface area contributed by atoms with E-state index in [1.165, 1.54) is 0 Å². The van der Waals surface area contributed by atoms with Gasteiger partial charge in [-0.25, -0.2) is 4.39 Å². The molecular formula is C10H10BFO. The summed E-state index contributed by atoms with van der Waals surface area (Å²) in [5, 5.41) is 0. The van der Waals surface area contributed by atoms with E-state index in [9.17, 15) is 9.18 Å². The van der Waals surface area contributed by atoms with E-state index in [2.05, 4.69) is 0 Å². The number of hydrogen-bond acceptors (Lipinski definition) is 1. The summed E-state index contributed by atoms with van der Waals surface area (Å²) in [7, 11) is 5.43. The van der Waals surface area contributed by atoms with Crippen molar-refractivity contribution in [2.45, 2.75) is 19.8 Å². The molecule has 0 bridgehead atoms. The smallest absolute Gasteiger partial charge is 0.152 e. The van der Waals surface area contributed by atoms with Gasteiger partial charge in [-0.3, -0.25) is 4.79 Å². The number of hydrogen-bond donors (Lipinski definition) is 0. The highest BCUT2D eigenvalue weighted by Gasteiger charge is 2.08. The topological polar surface area (TPSA) is 17.1 Å². The van der Waals surface area contributed by atoms with Crippen LogP contribution in [-0.2, 0) is 6.42 Å². The van der Waals surface area contributed by atoms with Crippen molar-refractivity contribution in [1.82, 2.24) is 0 Å². The minimum atomic E-state index is -0.475. The van der Waals surface area contributed by atoms with Gasteiger partial charge < -0.3 is 0 Å². The standard InChI is InChI=1S/C10H10BFO/c1-2-3-7-4-5-9(11)8(6-13)10(7)12/h4-6H,2-3H2,1H3. The number of aryl methyl sites for hydroxylation is 1. The van der Waals surface area contributed by atoms with Crippen LogP contribution >= 0.6 is 0 Å². The lowest BCUT2D eigenvalue weighted by Crippen LogP contribution is -2.13. The number of benzene rings is 1. The summed E-state index contributed by atoms with van der Waals surface area (Å²) in [5.74, 6) is -0.475. The van der Waals surface area contributed by atoms with Gasteiger partial charge in [0.15, 0.2) is 6.29 Å². The van der Waals surface area contributed by atoms with Gasteiger partial charge in [0.05, 0.1) is 0 Å². The molecule has 13 heavy (non-hydrogen) atoms. The van der Waals surface area contributed by atoms with Crippen LogP contribution in [0.4, 0.5) is 4.39 Å². The van der Waals surface area contributed by atoms with Crippen LogP contribution in [0, 0.1) is 5.82 Å². The fourth-order valence-corrected chi connectivity index (χ4v) is 1.24. The Morgan fingerprint density at radius 3 is 2.77 bits per heavy atom. The quantitative estimate of drug-likeness (QED) is 0.502. The predicted octanol–water partition coefficient (Wildman–Crippen LogP) is 1.38. The molecule has 0 aromatic heterocycles. The second kappa shape index (κ2) is 4.22. The maximum atomic E-state index is 13.4. The third-order valence-corrected chi connectivity index (χ3v) is 1.93. The van der Waals surface area contributed by atoms with E-state index in [4.69, 9.17) is 7.85 Å². The Kier molecular flexibility index (Phi) is 3.23. The zero-order chi connectivity index (χ0) is 9.84. The molecule has 2 radical (unpaired) electrons. The number of halogens is 1. The van der Waals surface area contributed by atoms with Crippen molar-refractivity contribution in [3.63, 3.8) is 0 Å². The summed E-state index contributed by atoms with van der Waals surface area (Å²) in [6.07, 6.45) is 1.94. The average molecular weight is 176 g/mol. The molecule has 0 saturated carbocycles. The van der Waals surface area contributed by atoms with Crippen LogP contribution in [0.25, 0.3) is 0 Å². The summed E-state index contributed by atoms with van der Waals surface area (Å²) in [6.45, 7) is 1.95. The number of carbonyl (C=O) groups excluding carboxylic acids is 1. The molecule has 0 fully saturated rings. The van der Waals surface area contributed by atoms with Gasteiger partial charge in [-0.15, -0.1) is 0 Å². The minimum Gasteiger partial charge on any atom is -0.298 e. The van der Waals surface area contributed by atoms with Gasteiger partial charge in [0.25, 0.3) is 0 Å². The molecule has 1 rings (SSSR count). The van der Waals surface area contributed by atoms with Gasteiger partial charge in [-0.05, 0) is 12.0 Å². The lowest BCUT2D eigenvalue weighted by atomic mass is 9.88. The molecule has 0 unspecified atom stereocenters. The normalized spacial score (nSPS) is 10.0. The molecule has 0 heterocycles. The fourth-order valence-electron chi connectivity index (χ4n) is 1.24. The van der Waals surface area contributed by atoms with Crippen LogP contribution in [0.15, 0.2) is 12.1 Å². The lowest BCUT2D eigenvalue weighted by Gasteiger charge is -2.05. The van der Waals surface area contributed by atoms with Crippen molar-refractivity contribution in [3.8, 4) is 0 Å². The molecule has 1 aromatic carbocycles. The summed E-state index contributed by atoms with van der Waals surface area (Å²) in [4.78, 5) is 10.5. The van der Waals surface area contributed by atoms with Crippen molar-refractivity contribution in [2.24, 2.45) is 0 Å². The summed E-state index contributed by atoms with van der Waals surface area (Å²) in [6, 6.07) is 3.19. The van der Waals surface area contributed by atoms with Crippen molar-refractivity contribution < 1.29 is 9.18 Å². The van der Waals surface area contributed by atoms with Crippen molar-refractivity contribution in [3.05, 3.63) is 29.1 Å². The molecule has 0 saturated heterocycles. The first kappa shape index (κ1) is 9.97. The average Bonchev–Trinajstić information content (AvgIpc) is 2.11. The molecule has 0 aliphatic rings. The molecule has 0 spiro atoms. The predicted molar refractivity (Wildman–Crippen MR) is 51.2 cm³/mol. The molecule has 66 valence electrons. The second-order valence-electron chi connectivity index (χ2n) is 2.91. The molecule has 0 aliphatic carbocycles. The molecule has 0 atom stereocenters. The molecule has 0 aliphatic heterocycles. The van der Waals surface area contributed by atoms with Gasteiger partial charge in [0, 0.05) is 5.56 Å². The first-order valence-electron chi connectivity index (χ1n) is 4.22. The van der Waals surface area contributed by atoms with Crippen molar-refractivity contribution in [2.75, 3.05) is 0 Å². The van der Waals surface area contributed by atoms with Crippen molar-refractivity contribution in [1.29, 1.82) is 0 Å². The van der Waals surface area contributed by atoms with Gasteiger partial charge in [-0.2, -0.15) is 0 Å². The largest absolute Gasteiger partial charge is 0.298 e. The summed E-state index contributed by atoms with van der Waals surface area (Å²) in [5.41, 5.74) is 0.733. The van der Waals surface area contributed by atoms with Gasteiger partial charge in [0.1, 0.15) is 13.7 Å². The van der Waals surface area contributed by atoms with Crippen LogP contribution < -0.4 is 5.46 Å². The van der Waals surface area contributed by atoms with E-state index >= 15 is 0 Å². The maximum absolute atomic E-state index is 13.4. The van der Waals surface area contributed by atoms with Crippen molar-refractivity contribution >= 4 is 19.6 Å². The van der Waals surface area contributed by atoms with E-state index < -0.39 is 5.82 Å². The Hall–Kier alpha value is -1.12. The monoisotopic (exact) mass is 176 g/mol. The molecular weight excluding hydrogens is 166 g/mol. The van der Waals surface area contributed by atoms with Crippen LogP contribution in [0.3, 0.4) is 0 Å². The van der Waals surface area contributed by atoms with Gasteiger partial charge in [0.2, 0.25) is 0 Å². The molecule has 1 aromatic rings. The van der Waals surface area contributed by atoms with E-state index in [-0.39, 0.29) is 11.0 Å². The molecule has 0 N–H and O–H groups in total. The van der Waals surface area contributed by atoms with E-state index in [1.54, 1.807) is 12.1 Å². The highest BCUT2D eigenvalue weighted by atomic mass is 19.1. The van der Waals surface area contributed by atoms with Gasteiger partial charge >= 0.3 is 0 Å². The first-order valence-corrected chi connectivity index (χ1v) is 4.22. The summed E-state index contributed by atoms with van der Waals surface area (Å²) < 4.78 is 13.4. The zero-order valence-corrected chi connectivity index (χ0v) is 7.51. The van der Waals surface area contributed by atoms with Crippen LogP contribution in [-0.4, -0.2) is 14.1 Å². The highest BCUT2D eigenvalue weighted by Crippen LogP contribution is 2.11. The van der Waals surface area contributed by atoms with Crippen LogP contribution in [0.1, 0.15) is 29.3 Å². The molecule has 1 nitrogen and oxygen atoms in total. The summed E-state index contributed by atoms with van der Waals surface area (Å²) >= 11 is 0. The third kappa shape index (κ3) is 1.97. The Morgan fingerprint density at radius 1 is 1.54 bits per heavy atom. The maximum Gasteiger partial charge on any atom is 0.152 e. The van der Waals surface area contributed by atoms with Crippen LogP contribution in [0.2, 0.25) is 0 Å². The number of aldehydes is 1. The van der Waals surface area contributed by atoms with E-state index in [1.807, 2.05) is 6.92 Å². The van der Waals surface area contributed by atoms with E-state index in [0.29, 0.717) is 18.3 Å². The Morgan fingerprint density at radius 2 is 2.23 bits per heavy atom. The van der Waals surface area contributed by atoms with Crippen LogP contribution in [0.5, 0.6) is 0 Å². The zero-order valence-electron chi connectivity index (χ0n) is 7.51. The first-order chi connectivity index (χ1) is 6.20. The molecule has 0 amide bonds. The van der Waals surface area contributed by atoms with Gasteiger partial charge in [-0.1, -0.05) is 30.9 Å². The van der Waals surface area contributed by atoms with E-state index in [0.717, 1.165) is 6.42 Å². The Bertz CT molecular complexity index is 323. The second-order valence-corrected chi connectivity index (χ2v) is 2.91. The number of rotatable bonds is 3. The lowest BCUT2D eigenvalue weighted by molar-refractivity contribution is 0.112. The third-order valence-electron chi connectivity index (χ3n) is 1.93. The number of carbonyl (C=O) groups is 1. The fraction of sp³-hybridized carbons (Fsp3) is 0.300. The minimum absolute atomic E-state index is 0.0223. The molecule has 3 heteroatoms.